The van der Waals surface area contributed by atoms with Crippen LogP contribution in [0.15, 0.2) is 59.2 Å². The molecule has 0 bridgehead atoms. The highest BCUT2D eigenvalue weighted by atomic mass is 16.4. The summed E-state index contributed by atoms with van der Waals surface area (Å²) in [6.45, 7) is -0.120. The van der Waals surface area contributed by atoms with Gasteiger partial charge in [0.05, 0.1) is 23.3 Å². The SMILES string of the molecule is O=C(O)c1oc(C(=O)c2c[nH]c3c(C=CCO)cccc23)c(O)c1-c1ccc(C2CCCCC2)cc1. The molecule has 0 saturated heterocycles. The zero-order valence-corrected chi connectivity index (χ0v) is 19.7. The molecule has 36 heavy (non-hydrogen) atoms. The molecule has 4 aromatic rings. The number of aromatic nitrogens is 1. The van der Waals surface area contributed by atoms with E-state index in [2.05, 4.69) is 4.98 Å². The number of carboxylic acids is 1. The minimum atomic E-state index is -1.37. The third-order valence-electron chi connectivity index (χ3n) is 6.95. The van der Waals surface area contributed by atoms with E-state index in [0.29, 0.717) is 22.4 Å². The molecule has 7 nitrogen and oxygen atoms in total. The van der Waals surface area contributed by atoms with Crippen LogP contribution in [0.5, 0.6) is 5.75 Å². The van der Waals surface area contributed by atoms with Crippen molar-refractivity contribution in [2.45, 2.75) is 38.0 Å². The van der Waals surface area contributed by atoms with Crippen LogP contribution in [0, 0.1) is 0 Å². The van der Waals surface area contributed by atoms with Crippen molar-refractivity contribution in [1.29, 1.82) is 0 Å². The predicted molar refractivity (Wildman–Crippen MR) is 136 cm³/mol. The number of carbonyl (C=O) groups excluding carboxylic acids is 1. The summed E-state index contributed by atoms with van der Waals surface area (Å²) in [5.41, 5.74) is 3.35. The number of H-pyrrole nitrogens is 1. The normalized spacial score (nSPS) is 14.6. The van der Waals surface area contributed by atoms with Gasteiger partial charge in [0.15, 0.2) is 5.75 Å². The number of nitrogens with one attached hydrogen (secondary N) is 1. The topological polar surface area (TPSA) is 124 Å². The summed E-state index contributed by atoms with van der Waals surface area (Å²) in [7, 11) is 0. The number of para-hydroxylation sites is 1. The Morgan fingerprint density at radius 2 is 1.78 bits per heavy atom. The number of hydrogen-bond donors (Lipinski definition) is 4. The van der Waals surface area contributed by atoms with Crippen LogP contribution in [-0.4, -0.2) is 38.7 Å². The van der Waals surface area contributed by atoms with E-state index in [-0.39, 0.29) is 17.7 Å². The first-order valence-electron chi connectivity index (χ1n) is 12.1. The highest BCUT2D eigenvalue weighted by Crippen LogP contribution is 2.41. The number of aliphatic hydroxyl groups excluding tert-OH is 1. The Labute approximate surface area is 207 Å². The van der Waals surface area contributed by atoms with Gasteiger partial charge in [-0.1, -0.05) is 73.9 Å². The number of hydrogen-bond acceptors (Lipinski definition) is 5. The Morgan fingerprint density at radius 1 is 1.03 bits per heavy atom. The molecule has 0 amide bonds. The fourth-order valence-corrected chi connectivity index (χ4v) is 5.16. The van der Waals surface area contributed by atoms with Gasteiger partial charge in [0.25, 0.3) is 0 Å². The number of aliphatic hydroxyl groups is 1. The third-order valence-corrected chi connectivity index (χ3v) is 6.95. The minimum Gasteiger partial charge on any atom is -0.504 e. The zero-order valence-electron chi connectivity index (χ0n) is 19.7. The molecule has 184 valence electrons. The lowest BCUT2D eigenvalue weighted by molar-refractivity contribution is 0.0661. The number of furan rings is 1. The molecule has 0 spiro atoms. The second kappa shape index (κ2) is 9.87. The Balaban J connectivity index is 1.53. The molecule has 7 heteroatoms. The van der Waals surface area contributed by atoms with Gasteiger partial charge in [0.1, 0.15) is 0 Å². The smallest absolute Gasteiger partial charge is 0.372 e. The summed E-state index contributed by atoms with van der Waals surface area (Å²) in [6, 6.07) is 12.8. The van der Waals surface area contributed by atoms with Crippen molar-refractivity contribution >= 4 is 28.7 Å². The van der Waals surface area contributed by atoms with Gasteiger partial charge in [0.2, 0.25) is 17.3 Å². The molecular formula is C29H27NO6. The van der Waals surface area contributed by atoms with Crippen LogP contribution in [0.3, 0.4) is 0 Å². The van der Waals surface area contributed by atoms with Gasteiger partial charge in [-0.05, 0) is 35.4 Å². The summed E-state index contributed by atoms with van der Waals surface area (Å²) in [5.74, 6) is -2.90. The van der Waals surface area contributed by atoms with E-state index in [1.54, 1.807) is 36.4 Å². The van der Waals surface area contributed by atoms with Crippen molar-refractivity contribution in [3.05, 3.63) is 82.9 Å². The molecule has 0 unspecified atom stereocenters. The van der Waals surface area contributed by atoms with Crippen molar-refractivity contribution in [1.82, 2.24) is 4.98 Å². The number of benzene rings is 2. The second-order valence-electron chi connectivity index (χ2n) is 9.13. The molecular weight excluding hydrogens is 458 g/mol. The van der Waals surface area contributed by atoms with Gasteiger partial charge in [0, 0.05) is 11.6 Å². The monoisotopic (exact) mass is 485 g/mol. The summed E-state index contributed by atoms with van der Waals surface area (Å²) in [4.78, 5) is 28.5. The maximum Gasteiger partial charge on any atom is 0.372 e. The molecule has 2 heterocycles. The van der Waals surface area contributed by atoms with Crippen molar-refractivity contribution < 1.29 is 29.3 Å². The molecule has 2 aromatic carbocycles. The molecule has 1 aliphatic rings. The highest BCUT2D eigenvalue weighted by molar-refractivity contribution is 6.18. The van der Waals surface area contributed by atoms with E-state index in [0.717, 1.165) is 18.4 Å². The average Bonchev–Trinajstić information content (AvgIpc) is 3.49. The number of aromatic carboxylic acids is 1. The van der Waals surface area contributed by atoms with Crippen LogP contribution in [-0.2, 0) is 0 Å². The molecule has 5 rings (SSSR count). The van der Waals surface area contributed by atoms with Crippen LogP contribution < -0.4 is 0 Å². The van der Waals surface area contributed by atoms with Crippen LogP contribution >= 0.6 is 0 Å². The summed E-state index contributed by atoms with van der Waals surface area (Å²) >= 11 is 0. The average molecular weight is 486 g/mol. The Morgan fingerprint density at radius 3 is 2.47 bits per heavy atom. The van der Waals surface area contributed by atoms with Crippen molar-refractivity contribution in [2.24, 2.45) is 0 Å². The minimum absolute atomic E-state index is 0.00699. The van der Waals surface area contributed by atoms with E-state index >= 15 is 0 Å². The van der Waals surface area contributed by atoms with E-state index in [4.69, 9.17) is 9.52 Å². The number of carboxylic acid groups (broad SMARTS) is 1. The molecule has 0 aliphatic heterocycles. The van der Waals surface area contributed by atoms with Crippen molar-refractivity contribution in [3.63, 3.8) is 0 Å². The molecule has 4 N–H and O–H groups in total. The van der Waals surface area contributed by atoms with Gasteiger partial charge in [-0.25, -0.2) is 4.79 Å². The largest absolute Gasteiger partial charge is 0.504 e. The number of aromatic hydroxyl groups is 1. The molecule has 2 aromatic heterocycles. The molecule has 0 radical (unpaired) electrons. The number of rotatable bonds is 7. The maximum atomic E-state index is 13.4. The second-order valence-corrected chi connectivity index (χ2v) is 9.13. The van der Waals surface area contributed by atoms with Crippen LogP contribution in [0.4, 0.5) is 0 Å². The lowest BCUT2D eigenvalue weighted by Crippen LogP contribution is -2.04. The first-order chi connectivity index (χ1) is 17.5. The van der Waals surface area contributed by atoms with Crippen LogP contribution in [0.25, 0.3) is 28.1 Å². The molecule has 1 fully saturated rings. The maximum absolute atomic E-state index is 13.4. The Kier molecular flexibility index (Phi) is 6.48. The number of carbonyl (C=O) groups is 2. The fourth-order valence-electron chi connectivity index (χ4n) is 5.16. The predicted octanol–water partition coefficient (Wildman–Crippen LogP) is 6.12. The van der Waals surface area contributed by atoms with Gasteiger partial charge in [-0.15, -0.1) is 0 Å². The zero-order chi connectivity index (χ0) is 25.2. The number of fused-ring (bicyclic) bond motifs is 1. The first kappa shape index (κ1) is 23.6. The van der Waals surface area contributed by atoms with Gasteiger partial charge in [-0.3, -0.25) is 4.79 Å². The summed E-state index contributed by atoms with van der Waals surface area (Å²) in [5, 5.41) is 30.5. The van der Waals surface area contributed by atoms with Crippen LogP contribution in [0.2, 0.25) is 0 Å². The quantitative estimate of drug-likeness (QED) is 0.234. The summed E-state index contributed by atoms with van der Waals surface area (Å²) in [6.07, 6.45) is 10.8. The van der Waals surface area contributed by atoms with E-state index < -0.39 is 29.0 Å². The molecule has 1 saturated carbocycles. The van der Waals surface area contributed by atoms with E-state index in [9.17, 15) is 19.8 Å². The number of aromatic amines is 1. The van der Waals surface area contributed by atoms with Crippen molar-refractivity contribution in [3.8, 4) is 16.9 Å². The van der Waals surface area contributed by atoms with E-state index in [1.807, 2.05) is 18.2 Å². The summed E-state index contributed by atoms with van der Waals surface area (Å²) < 4.78 is 5.48. The third kappa shape index (κ3) is 4.22. The standard InChI is InChI=1S/C29H27NO6/c31-15-5-9-20-8-4-10-21-22(16-30-24(20)21)25(32)28-26(33)23(27(36-28)29(34)35)19-13-11-18(12-14-19)17-6-2-1-3-7-17/h4-5,8-14,16-17,30-31,33H,1-3,6-7,15H2,(H,34,35). The van der Waals surface area contributed by atoms with Gasteiger partial charge >= 0.3 is 5.97 Å². The van der Waals surface area contributed by atoms with Gasteiger partial charge < -0.3 is 24.7 Å². The first-order valence-corrected chi connectivity index (χ1v) is 12.1. The van der Waals surface area contributed by atoms with Crippen LogP contribution in [0.1, 0.15) is 75.8 Å². The highest BCUT2D eigenvalue weighted by Gasteiger charge is 2.31. The lowest BCUT2D eigenvalue weighted by atomic mass is 9.83. The van der Waals surface area contributed by atoms with Gasteiger partial charge in [-0.2, -0.15) is 0 Å². The molecule has 0 atom stereocenters. The number of ketones is 1. The Bertz CT molecular complexity index is 1450. The van der Waals surface area contributed by atoms with Crippen molar-refractivity contribution in [2.75, 3.05) is 6.61 Å². The molecule has 1 aliphatic carbocycles. The van der Waals surface area contributed by atoms with E-state index in [1.165, 1.54) is 31.0 Å². The lowest BCUT2D eigenvalue weighted by Gasteiger charge is -2.22. The fraction of sp³-hybridized carbons (Fsp3) is 0.241. The Hall–Kier alpha value is -4.10.